The Labute approximate surface area is 113 Å². The summed E-state index contributed by atoms with van der Waals surface area (Å²) in [5, 5.41) is 10.7. The van der Waals surface area contributed by atoms with E-state index in [0.29, 0.717) is 11.3 Å². The van der Waals surface area contributed by atoms with Crippen LogP contribution in [0.4, 0.5) is 5.69 Å². The van der Waals surface area contributed by atoms with Crippen molar-refractivity contribution < 1.29 is 14.7 Å². The highest BCUT2D eigenvalue weighted by Crippen LogP contribution is 2.43. The Balaban J connectivity index is 2.63. The van der Waals surface area contributed by atoms with Crippen LogP contribution < -0.4 is 4.90 Å². The molecule has 102 valence electrons. The van der Waals surface area contributed by atoms with Gasteiger partial charge in [-0.25, -0.2) is 0 Å². The zero-order chi connectivity index (χ0) is 14.4. The number of rotatable bonds is 3. The van der Waals surface area contributed by atoms with Crippen molar-refractivity contribution in [1.82, 2.24) is 0 Å². The van der Waals surface area contributed by atoms with E-state index in [0.717, 1.165) is 5.56 Å². The van der Waals surface area contributed by atoms with Crippen molar-refractivity contribution in [2.75, 3.05) is 4.90 Å². The monoisotopic (exact) mass is 261 g/mol. The largest absolute Gasteiger partial charge is 0.375 e. The molecule has 1 atom stereocenters. The summed E-state index contributed by atoms with van der Waals surface area (Å²) in [6.07, 6.45) is -0.175. The predicted molar refractivity (Wildman–Crippen MR) is 73.0 cm³/mol. The molecule has 0 aliphatic carbocycles. The average molecular weight is 261 g/mol. The van der Waals surface area contributed by atoms with Crippen molar-refractivity contribution in [1.29, 1.82) is 0 Å². The fourth-order valence-corrected chi connectivity index (χ4v) is 2.66. The van der Waals surface area contributed by atoms with Crippen LogP contribution in [0.2, 0.25) is 0 Å². The molecule has 0 radical (unpaired) electrons. The zero-order valence-corrected chi connectivity index (χ0v) is 11.7. The summed E-state index contributed by atoms with van der Waals surface area (Å²) in [5.41, 5.74) is 0.493. The van der Waals surface area contributed by atoms with E-state index in [-0.39, 0.29) is 18.2 Å². The summed E-state index contributed by atoms with van der Waals surface area (Å²) in [4.78, 5) is 25.5. The quantitative estimate of drug-likeness (QED) is 0.904. The Hall–Kier alpha value is -1.68. The molecule has 0 aromatic heterocycles. The van der Waals surface area contributed by atoms with Gasteiger partial charge in [0.25, 0.3) is 5.91 Å². The smallest absolute Gasteiger partial charge is 0.264 e. The first-order valence-corrected chi connectivity index (χ1v) is 6.44. The number of aliphatic hydroxyl groups is 1. The lowest BCUT2D eigenvalue weighted by Crippen LogP contribution is -2.44. The van der Waals surface area contributed by atoms with Gasteiger partial charge in [-0.15, -0.1) is 0 Å². The van der Waals surface area contributed by atoms with Crippen LogP contribution in [0.15, 0.2) is 18.2 Å². The first-order chi connectivity index (χ1) is 8.77. The number of hydrogen-bond donors (Lipinski definition) is 1. The molecule has 1 unspecified atom stereocenters. The van der Waals surface area contributed by atoms with Gasteiger partial charge in [-0.05, 0) is 33.8 Å². The summed E-state index contributed by atoms with van der Waals surface area (Å²) in [5.74, 6) is -0.604. The second kappa shape index (κ2) is 4.46. The van der Waals surface area contributed by atoms with Crippen LogP contribution in [0.25, 0.3) is 0 Å². The van der Waals surface area contributed by atoms with Crippen molar-refractivity contribution in [3.8, 4) is 0 Å². The number of Topliss-reactive ketones (excluding diaryl/α,β-unsaturated/α-hetero) is 1. The normalized spacial score (nSPS) is 22.0. The van der Waals surface area contributed by atoms with Crippen LogP contribution in [0.5, 0.6) is 0 Å². The number of anilines is 1. The van der Waals surface area contributed by atoms with Crippen LogP contribution in [-0.4, -0.2) is 22.8 Å². The third-order valence-corrected chi connectivity index (χ3v) is 3.45. The van der Waals surface area contributed by atoms with Gasteiger partial charge in [0.15, 0.2) is 5.60 Å². The molecule has 1 aliphatic heterocycles. The average Bonchev–Trinajstić information content (AvgIpc) is 2.48. The van der Waals surface area contributed by atoms with Crippen molar-refractivity contribution >= 4 is 17.4 Å². The van der Waals surface area contributed by atoms with Crippen LogP contribution in [0.3, 0.4) is 0 Å². The number of carbonyl (C=O) groups is 2. The molecular weight excluding hydrogens is 242 g/mol. The van der Waals surface area contributed by atoms with Gasteiger partial charge in [0, 0.05) is 18.0 Å². The van der Waals surface area contributed by atoms with Gasteiger partial charge in [-0.1, -0.05) is 17.7 Å². The second-order valence-electron chi connectivity index (χ2n) is 5.53. The van der Waals surface area contributed by atoms with E-state index in [9.17, 15) is 14.7 Å². The molecule has 4 heteroatoms. The first kappa shape index (κ1) is 13.7. The molecule has 0 fully saturated rings. The lowest BCUT2D eigenvalue weighted by Gasteiger charge is -2.24. The third kappa shape index (κ3) is 2.06. The Morgan fingerprint density at radius 2 is 2.05 bits per heavy atom. The maximum atomic E-state index is 12.5. The van der Waals surface area contributed by atoms with E-state index < -0.39 is 11.5 Å². The minimum Gasteiger partial charge on any atom is -0.375 e. The fraction of sp³-hybridized carbons (Fsp3) is 0.467. The van der Waals surface area contributed by atoms with Crippen molar-refractivity contribution in [2.45, 2.75) is 45.8 Å². The molecule has 19 heavy (non-hydrogen) atoms. The fourth-order valence-electron chi connectivity index (χ4n) is 2.66. The minimum atomic E-state index is -1.71. The van der Waals surface area contributed by atoms with E-state index >= 15 is 0 Å². The van der Waals surface area contributed by atoms with Gasteiger partial charge in [-0.3, -0.25) is 9.59 Å². The van der Waals surface area contributed by atoms with Gasteiger partial charge < -0.3 is 10.0 Å². The van der Waals surface area contributed by atoms with Gasteiger partial charge in [0.1, 0.15) is 5.78 Å². The van der Waals surface area contributed by atoms with Gasteiger partial charge in [-0.2, -0.15) is 0 Å². The number of aryl methyl sites for hydroxylation is 1. The van der Waals surface area contributed by atoms with Crippen molar-refractivity contribution in [3.05, 3.63) is 29.3 Å². The van der Waals surface area contributed by atoms with Crippen LogP contribution in [0, 0.1) is 6.92 Å². The predicted octanol–water partition coefficient (Wildman–Crippen LogP) is 1.92. The summed E-state index contributed by atoms with van der Waals surface area (Å²) >= 11 is 0. The summed E-state index contributed by atoms with van der Waals surface area (Å²) < 4.78 is 0. The molecule has 1 N–H and O–H groups in total. The number of fused-ring (bicyclic) bond motifs is 1. The molecule has 0 saturated carbocycles. The molecule has 1 aliphatic rings. The molecular formula is C15H19NO3. The van der Waals surface area contributed by atoms with Crippen molar-refractivity contribution in [2.24, 2.45) is 0 Å². The van der Waals surface area contributed by atoms with Gasteiger partial charge in [0.2, 0.25) is 0 Å². The second-order valence-corrected chi connectivity index (χ2v) is 5.53. The first-order valence-electron chi connectivity index (χ1n) is 6.44. The highest BCUT2D eigenvalue weighted by molar-refractivity contribution is 6.09. The van der Waals surface area contributed by atoms with Gasteiger partial charge in [0.05, 0.1) is 5.69 Å². The van der Waals surface area contributed by atoms with E-state index in [1.807, 2.05) is 32.9 Å². The zero-order valence-electron chi connectivity index (χ0n) is 11.7. The SMILES string of the molecule is CC(=O)CC1(O)C(=O)N(C(C)C)c2ccc(C)cc21. The summed E-state index contributed by atoms with van der Waals surface area (Å²) in [6, 6.07) is 5.47. The van der Waals surface area contributed by atoms with E-state index in [4.69, 9.17) is 0 Å². The van der Waals surface area contributed by atoms with Crippen molar-refractivity contribution in [3.63, 3.8) is 0 Å². The molecule has 1 heterocycles. The molecule has 1 amide bonds. The number of amides is 1. The van der Waals surface area contributed by atoms with Gasteiger partial charge >= 0.3 is 0 Å². The lowest BCUT2D eigenvalue weighted by molar-refractivity contribution is -0.141. The minimum absolute atomic E-state index is 0.0602. The number of ketones is 1. The highest BCUT2D eigenvalue weighted by atomic mass is 16.3. The van der Waals surface area contributed by atoms with E-state index in [1.165, 1.54) is 6.92 Å². The molecule has 0 bridgehead atoms. The highest BCUT2D eigenvalue weighted by Gasteiger charge is 2.50. The van der Waals surface area contributed by atoms with E-state index in [1.54, 1.807) is 11.0 Å². The standard InChI is InChI=1S/C15H19NO3/c1-9(2)16-13-6-5-10(3)7-12(13)15(19,14(16)18)8-11(4)17/h5-7,9,19H,8H2,1-4H3. The van der Waals surface area contributed by atoms with E-state index in [2.05, 4.69) is 0 Å². The molecule has 0 spiro atoms. The number of hydrogen-bond acceptors (Lipinski definition) is 3. The Morgan fingerprint density at radius 3 is 2.58 bits per heavy atom. The lowest BCUT2D eigenvalue weighted by atomic mass is 9.89. The van der Waals surface area contributed by atoms with Crippen LogP contribution in [0.1, 0.15) is 38.3 Å². The molecule has 1 aromatic carbocycles. The number of benzene rings is 1. The summed E-state index contributed by atoms with van der Waals surface area (Å²) in [7, 11) is 0. The Morgan fingerprint density at radius 1 is 1.42 bits per heavy atom. The maximum Gasteiger partial charge on any atom is 0.264 e. The van der Waals surface area contributed by atoms with Crippen LogP contribution in [-0.2, 0) is 15.2 Å². The summed E-state index contributed by atoms with van der Waals surface area (Å²) in [6.45, 7) is 7.07. The maximum absolute atomic E-state index is 12.5. The Kier molecular flexibility index (Phi) is 3.22. The number of carbonyl (C=O) groups excluding carboxylic acids is 2. The number of nitrogens with zero attached hydrogens (tertiary/aromatic N) is 1. The molecule has 1 aromatic rings. The molecule has 2 rings (SSSR count). The van der Waals surface area contributed by atoms with Crippen LogP contribution >= 0.6 is 0 Å². The molecule has 0 saturated heterocycles. The third-order valence-electron chi connectivity index (χ3n) is 3.45. The Bertz CT molecular complexity index is 550. The molecule has 4 nitrogen and oxygen atoms in total. The topological polar surface area (TPSA) is 57.6 Å².